The summed E-state index contributed by atoms with van der Waals surface area (Å²) in [5, 5.41) is 16.7. The van der Waals surface area contributed by atoms with Crippen LogP contribution in [-0.4, -0.2) is 11.0 Å². The topological polar surface area (TPSA) is 52.9 Å². The Morgan fingerprint density at radius 2 is 1.59 bits per heavy atom. The maximum atomic E-state index is 13.9. The number of hydrogen-bond donors (Lipinski definition) is 1. The fourth-order valence-corrected chi connectivity index (χ4v) is 4.65. The summed E-state index contributed by atoms with van der Waals surface area (Å²) in [6, 6.07) is 29.5. The lowest BCUT2D eigenvalue weighted by atomic mass is 9.93. The van der Waals surface area contributed by atoms with Crippen LogP contribution in [0, 0.1) is 24.5 Å². The molecule has 0 spiro atoms. The molecule has 0 bridgehead atoms. The van der Waals surface area contributed by atoms with Gasteiger partial charge in [0.05, 0.1) is 6.04 Å². The number of thiocyanates is 1. The summed E-state index contributed by atoms with van der Waals surface area (Å²) in [5.41, 5.74) is 4.80. The van der Waals surface area contributed by atoms with Crippen LogP contribution in [0.4, 0.5) is 5.69 Å². The van der Waals surface area contributed by atoms with Crippen LogP contribution >= 0.6 is 11.8 Å². The van der Waals surface area contributed by atoms with Gasteiger partial charge in [0.1, 0.15) is 10.7 Å². The fraction of sp³-hybridized carbons (Fsp3) is 0.143. The van der Waals surface area contributed by atoms with E-state index in [0.29, 0.717) is 5.56 Å². The molecule has 4 heteroatoms. The van der Waals surface area contributed by atoms with E-state index in [1.165, 1.54) is 0 Å². The zero-order valence-corrected chi connectivity index (χ0v) is 18.9. The van der Waals surface area contributed by atoms with Crippen molar-refractivity contribution in [1.82, 2.24) is 0 Å². The van der Waals surface area contributed by atoms with Gasteiger partial charge in [0.2, 0.25) is 0 Å². The van der Waals surface area contributed by atoms with Crippen LogP contribution in [0.5, 0.6) is 0 Å². The van der Waals surface area contributed by atoms with Gasteiger partial charge in [0, 0.05) is 11.3 Å². The van der Waals surface area contributed by atoms with Gasteiger partial charge in [-0.3, -0.25) is 4.79 Å². The van der Waals surface area contributed by atoms with Crippen molar-refractivity contribution in [3.05, 3.63) is 113 Å². The molecular weight excluding hydrogens is 412 g/mol. The van der Waals surface area contributed by atoms with Gasteiger partial charge < -0.3 is 5.32 Å². The van der Waals surface area contributed by atoms with E-state index in [-0.39, 0.29) is 11.8 Å². The number of nitrogens with one attached hydrogen (secondary N) is 1. The fourth-order valence-electron chi connectivity index (χ4n) is 3.95. The Labute approximate surface area is 193 Å². The molecule has 4 aromatic carbocycles. The lowest BCUT2D eigenvalue weighted by Gasteiger charge is -2.27. The van der Waals surface area contributed by atoms with Crippen molar-refractivity contribution in [3.63, 3.8) is 0 Å². The van der Waals surface area contributed by atoms with Crippen LogP contribution in [0.15, 0.2) is 91.0 Å². The molecule has 0 aliphatic carbocycles. The average Bonchev–Trinajstić information content (AvgIpc) is 2.81. The smallest absolute Gasteiger partial charge is 0.179 e. The molecule has 0 amide bonds. The van der Waals surface area contributed by atoms with Gasteiger partial charge in [-0.1, -0.05) is 84.4 Å². The molecule has 0 unspecified atom stereocenters. The van der Waals surface area contributed by atoms with Crippen molar-refractivity contribution >= 4 is 34.0 Å². The van der Waals surface area contributed by atoms with Gasteiger partial charge >= 0.3 is 0 Å². The molecule has 4 rings (SSSR count). The van der Waals surface area contributed by atoms with Crippen molar-refractivity contribution in [1.29, 1.82) is 5.26 Å². The van der Waals surface area contributed by atoms with Crippen molar-refractivity contribution in [2.75, 3.05) is 5.32 Å². The van der Waals surface area contributed by atoms with Gasteiger partial charge in [-0.25, -0.2) is 0 Å². The number of ketones is 1. The molecule has 3 nitrogen and oxygen atoms in total. The lowest BCUT2D eigenvalue weighted by Crippen LogP contribution is -2.30. The Hall–Kier alpha value is -3.55. The zero-order valence-electron chi connectivity index (χ0n) is 18.1. The van der Waals surface area contributed by atoms with E-state index in [4.69, 9.17) is 0 Å². The minimum atomic E-state index is -0.617. The number of thioether (sulfide) groups is 1. The Morgan fingerprint density at radius 3 is 2.34 bits per heavy atom. The molecule has 4 aromatic rings. The first-order valence-corrected chi connectivity index (χ1v) is 11.4. The summed E-state index contributed by atoms with van der Waals surface area (Å²) in [7, 11) is 0. The quantitative estimate of drug-likeness (QED) is 0.248. The lowest BCUT2D eigenvalue weighted by molar-refractivity contribution is 0.0985. The number of nitrogens with zero attached hydrogens (tertiary/aromatic N) is 1. The molecule has 0 fully saturated rings. The van der Waals surface area contributed by atoms with Crippen molar-refractivity contribution in [3.8, 4) is 5.40 Å². The highest BCUT2D eigenvalue weighted by molar-refractivity contribution is 8.05. The van der Waals surface area contributed by atoms with Crippen molar-refractivity contribution in [2.45, 2.75) is 25.1 Å². The first kappa shape index (κ1) is 21.7. The molecule has 0 radical (unpaired) electrons. The highest BCUT2D eigenvalue weighted by atomic mass is 32.2. The summed E-state index contributed by atoms with van der Waals surface area (Å²) < 4.78 is 0. The number of benzene rings is 4. The molecule has 2 atom stereocenters. The number of hydrogen-bond acceptors (Lipinski definition) is 4. The second-order valence-electron chi connectivity index (χ2n) is 7.92. The minimum Gasteiger partial charge on any atom is -0.377 e. The molecule has 0 saturated heterocycles. The third kappa shape index (κ3) is 4.69. The Kier molecular flexibility index (Phi) is 6.58. The maximum Gasteiger partial charge on any atom is 0.179 e. The Balaban J connectivity index is 1.80. The van der Waals surface area contributed by atoms with Crippen molar-refractivity contribution < 1.29 is 4.79 Å². The molecule has 0 aliphatic rings. The number of aryl methyl sites for hydroxylation is 2. The highest BCUT2D eigenvalue weighted by Crippen LogP contribution is 2.34. The first-order chi connectivity index (χ1) is 15.6. The zero-order chi connectivity index (χ0) is 22.5. The second kappa shape index (κ2) is 9.72. The normalized spacial score (nSPS) is 12.7. The van der Waals surface area contributed by atoms with E-state index in [1.807, 2.05) is 98.8 Å². The summed E-state index contributed by atoms with van der Waals surface area (Å²) >= 11 is 1.01. The number of anilines is 1. The number of nitriles is 1. The highest BCUT2D eigenvalue weighted by Gasteiger charge is 2.32. The predicted molar refractivity (Wildman–Crippen MR) is 134 cm³/mol. The number of Topliss-reactive ketones (excluding diaryl/α,β-unsaturated/α-hetero) is 1. The number of carbonyl (C=O) groups is 1. The molecule has 0 aromatic heterocycles. The second-order valence-corrected chi connectivity index (χ2v) is 8.85. The third-order valence-electron chi connectivity index (χ3n) is 5.57. The van der Waals surface area contributed by atoms with Gasteiger partial charge in [-0.2, -0.15) is 5.26 Å². The number of rotatable bonds is 7. The van der Waals surface area contributed by atoms with Gasteiger partial charge in [-0.05, 0) is 59.6 Å². The summed E-state index contributed by atoms with van der Waals surface area (Å²) in [4.78, 5) is 13.9. The monoisotopic (exact) mass is 436 g/mol. The molecule has 0 saturated carbocycles. The summed E-state index contributed by atoms with van der Waals surface area (Å²) in [6.07, 6.45) is 0. The first-order valence-electron chi connectivity index (χ1n) is 10.5. The van der Waals surface area contributed by atoms with E-state index in [0.717, 1.165) is 44.9 Å². The van der Waals surface area contributed by atoms with E-state index in [9.17, 15) is 10.1 Å². The number of carbonyl (C=O) groups excluding carboxylic acids is 1. The van der Waals surface area contributed by atoms with E-state index < -0.39 is 5.25 Å². The molecular formula is C28H24N2OS. The van der Waals surface area contributed by atoms with Crippen LogP contribution in [0.2, 0.25) is 0 Å². The summed E-state index contributed by atoms with van der Waals surface area (Å²) in [5.74, 6) is -0.0564. The molecule has 0 aliphatic heterocycles. The standard InChI is InChI=1S/C28H24N2OS/c1-19-13-15-22(16-14-19)26(30-23-10-5-7-20(2)17-23)28(32-18-29)27(31)25-12-6-9-21-8-3-4-11-24(21)25/h3-17,26,28,30H,1-2H3/t26-,28-/m0/s1. The molecule has 0 heterocycles. The Morgan fingerprint density at radius 1 is 0.875 bits per heavy atom. The number of fused-ring (bicyclic) bond motifs is 1. The van der Waals surface area contributed by atoms with Gasteiger partial charge in [0.15, 0.2) is 5.78 Å². The predicted octanol–water partition coefficient (Wildman–Crippen LogP) is 7.08. The largest absolute Gasteiger partial charge is 0.377 e. The van der Waals surface area contributed by atoms with Crippen LogP contribution in [0.1, 0.15) is 33.1 Å². The Bertz CT molecular complexity index is 1290. The molecule has 32 heavy (non-hydrogen) atoms. The van der Waals surface area contributed by atoms with Gasteiger partial charge in [0.25, 0.3) is 0 Å². The average molecular weight is 437 g/mol. The minimum absolute atomic E-state index is 0.0564. The van der Waals surface area contributed by atoms with Crippen LogP contribution in [0.25, 0.3) is 10.8 Å². The summed E-state index contributed by atoms with van der Waals surface area (Å²) in [6.45, 7) is 4.07. The van der Waals surface area contributed by atoms with Crippen LogP contribution < -0.4 is 5.32 Å². The van der Waals surface area contributed by atoms with Crippen molar-refractivity contribution in [2.24, 2.45) is 0 Å². The molecule has 158 valence electrons. The third-order valence-corrected chi connectivity index (χ3v) is 6.42. The van der Waals surface area contributed by atoms with E-state index >= 15 is 0 Å². The SMILES string of the molecule is Cc1ccc([C@H](Nc2cccc(C)c2)[C@H](SC#N)C(=O)c2cccc3ccccc23)cc1. The molecule has 1 N–H and O–H groups in total. The maximum absolute atomic E-state index is 13.9. The van der Waals surface area contributed by atoms with E-state index in [1.54, 1.807) is 0 Å². The van der Waals surface area contributed by atoms with Crippen LogP contribution in [-0.2, 0) is 0 Å². The van der Waals surface area contributed by atoms with Gasteiger partial charge in [-0.15, -0.1) is 0 Å². The van der Waals surface area contributed by atoms with Crippen LogP contribution in [0.3, 0.4) is 0 Å². The van der Waals surface area contributed by atoms with E-state index in [2.05, 4.69) is 16.8 Å².